The summed E-state index contributed by atoms with van der Waals surface area (Å²) in [6.07, 6.45) is 0. The minimum absolute atomic E-state index is 0.0562. The summed E-state index contributed by atoms with van der Waals surface area (Å²) in [5.74, 6) is -1.19. The molecule has 0 radical (unpaired) electrons. The van der Waals surface area contributed by atoms with Gasteiger partial charge in [0.25, 0.3) is 17.5 Å². The number of fused-ring (bicyclic) bond motifs is 1. The van der Waals surface area contributed by atoms with E-state index >= 15 is 0 Å². The van der Waals surface area contributed by atoms with E-state index in [1.807, 2.05) is 13.8 Å². The van der Waals surface area contributed by atoms with Gasteiger partial charge in [0.05, 0.1) is 11.5 Å². The van der Waals surface area contributed by atoms with Crippen molar-refractivity contribution in [2.45, 2.75) is 49.2 Å². The molecule has 1 N–H and O–H groups in total. The smallest absolute Gasteiger partial charge is 0.269 e. The summed E-state index contributed by atoms with van der Waals surface area (Å²) in [7, 11) is -3.99. The summed E-state index contributed by atoms with van der Waals surface area (Å²) in [5.41, 5.74) is -0.148. The first-order valence-corrected chi connectivity index (χ1v) is 12.7. The molecule has 1 aromatic rings. The lowest BCUT2D eigenvalue weighted by molar-refractivity contribution is -0.384. The summed E-state index contributed by atoms with van der Waals surface area (Å²) in [5, 5.41) is 10.5. The molecule has 2 fully saturated rings. The van der Waals surface area contributed by atoms with Crippen molar-refractivity contribution >= 4 is 38.4 Å². The Bertz CT molecular complexity index is 1090. The number of amides is 2. The van der Waals surface area contributed by atoms with Gasteiger partial charge in [-0.2, -0.15) is 0 Å². The maximum atomic E-state index is 13.1. The summed E-state index contributed by atoms with van der Waals surface area (Å²) >= 11 is -2.07. The van der Waals surface area contributed by atoms with Crippen LogP contribution in [-0.2, 0) is 34.7 Å². The molecule has 2 heterocycles. The Morgan fingerprint density at radius 1 is 1.30 bits per heavy atom. The van der Waals surface area contributed by atoms with Crippen LogP contribution < -0.4 is 10.1 Å². The van der Waals surface area contributed by atoms with Gasteiger partial charge in [-0.05, 0) is 31.9 Å². The molecule has 14 heteroatoms. The predicted molar refractivity (Wildman–Crippen MR) is 117 cm³/mol. The molecule has 0 bridgehead atoms. The molecular weight excluding hydrogens is 478 g/mol. The monoisotopic (exact) mass is 503 g/mol. The molecule has 0 spiro atoms. The van der Waals surface area contributed by atoms with Crippen molar-refractivity contribution in [1.29, 1.82) is 0 Å². The first-order valence-electron chi connectivity index (χ1n) is 10.0. The number of rotatable bonds is 9. The fourth-order valence-electron chi connectivity index (χ4n) is 3.60. The van der Waals surface area contributed by atoms with E-state index in [1.165, 1.54) is 38.1 Å². The number of benzene rings is 1. The summed E-state index contributed by atoms with van der Waals surface area (Å²) in [6.45, 7) is 6.04. The van der Waals surface area contributed by atoms with E-state index < -0.39 is 65.8 Å². The van der Waals surface area contributed by atoms with Crippen molar-refractivity contribution in [3.8, 4) is 5.75 Å². The number of nitrogens with one attached hydrogen (secondary N) is 1. The number of carbonyl (C=O) groups is 2. The maximum Gasteiger partial charge on any atom is 0.269 e. The van der Waals surface area contributed by atoms with Crippen LogP contribution in [0.5, 0.6) is 5.75 Å². The Morgan fingerprint density at radius 2 is 1.91 bits per heavy atom. The molecule has 0 aliphatic carbocycles. The number of ether oxygens (including phenoxy) is 1. The molecule has 0 aromatic heterocycles. The largest absolute Gasteiger partial charge is 0.484 e. The van der Waals surface area contributed by atoms with Crippen molar-refractivity contribution in [3.63, 3.8) is 0 Å². The lowest BCUT2D eigenvalue weighted by Gasteiger charge is -2.43. The normalized spacial score (nSPS) is 25.8. The first-order chi connectivity index (χ1) is 15.3. The average Bonchev–Trinajstić information content (AvgIpc) is 2.88. The number of hydrogen-bond acceptors (Lipinski definition) is 9. The van der Waals surface area contributed by atoms with E-state index in [4.69, 9.17) is 8.92 Å². The Hall–Kier alpha value is -2.58. The average molecular weight is 504 g/mol. The van der Waals surface area contributed by atoms with E-state index in [0.717, 1.165) is 4.90 Å². The number of hydrogen-bond donors (Lipinski definition) is 1. The van der Waals surface area contributed by atoms with Crippen molar-refractivity contribution in [2.24, 2.45) is 5.92 Å². The summed E-state index contributed by atoms with van der Waals surface area (Å²) in [6, 6.07) is 3.69. The predicted octanol–water partition coefficient (Wildman–Crippen LogP) is 0.496. The third-order valence-electron chi connectivity index (χ3n) is 5.41. The highest BCUT2D eigenvalue weighted by atomic mass is 32.2. The molecule has 0 saturated carbocycles. The van der Waals surface area contributed by atoms with Crippen LogP contribution in [0.2, 0.25) is 0 Å². The number of nitro benzene ring substituents is 1. The Balaban J connectivity index is 1.67. The standard InChI is InChI=1S/C19H25N3O9S2/c1-11(2)9-31-32(27)18-19(3,4)33(28,29)17-15(16(24)21(17)18)20-14(23)10-30-13-7-5-12(6-8-13)22(25)26/h5-8,11,15,17-18H,9-10H2,1-4H3,(H,20,23). The van der Waals surface area contributed by atoms with E-state index in [0.29, 0.717) is 0 Å². The second-order valence-electron chi connectivity index (χ2n) is 8.66. The molecule has 1 aromatic carbocycles. The van der Waals surface area contributed by atoms with Crippen LogP contribution >= 0.6 is 0 Å². The van der Waals surface area contributed by atoms with E-state index in [2.05, 4.69) is 5.32 Å². The van der Waals surface area contributed by atoms with Crippen LogP contribution in [0.1, 0.15) is 27.7 Å². The number of sulfone groups is 1. The lowest BCUT2D eigenvalue weighted by atomic mass is 10.0. The molecule has 2 saturated heterocycles. The SMILES string of the molecule is CC(C)COS(=O)C1N2C(=O)C(NC(=O)COc3ccc([N+](=O)[O-])cc3)C2S(=O)(=O)C1(C)C. The van der Waals surface area contributed by atoms with Gasteiger partial charge < -0.3 is 15.0 Å². The number of carbonyl (C=O) groups excluding carboxylic acids is 2. The van der Waals surface area contributed by atoms with Gasteiger partial charge in [-0.1, -0.05) is 13.8 Å². The van der Waals surface area contributed by atoms with Gasteiger partial charge >= 0.3 is 0 Å². The third kappa shape index (κ3) is 4.46. The van der Waals surface area contributed by atoms with Crippen molar-refractivity contribution in [3.05, 3.63) is 34.4 Å². The molecule has 33 heavy (non-hydrogen) atoms. The van der Waals surface area contributed by atoms with Gasteiger partial charge in [-0.15, -0.1) is 0 Å². The van der Waals surface area contributed by atoms with Crippen LogP contribution in [0.4, 0.5) is 5.69 Å². The summed E-state index contributed by atoms with van der Waals surface area (Å²) < 4.78 is 48.0. The number of non-ortho nitro benzene ring substituents is 1. The summed E-state index contributed by atoms with van der Waals surface area (Å²) in [4.78, 5) is 36.1. The zero-order valence-corrected chi connectivity index (χ0v) is 20.1. The Morgan fingerprint density at radius 3 is 2.45 bits per heavy atom. The zero-order valence-electron chi connectivity index (χ0n) is 18.4. The second kappa shape index (κ2) is 8.99. The van der Waals surface area contributed by atoms with Crippen molar-refractivity contribution < 1.29 is 36.1 Å². The molecule has 4 unspecified atom stereocenters. The van der Waals surface area contributed by atoms with Crippen LogP contribution in [0.25, 0.3) is 0 Å². The van der Waals surface area contributed by atoms with Crippen LogP contribution in [0.3, 0.4) is 0 Å². The fourth-order valence-corrected chi connectivity index (χ4v) is 7.82. The Labute approximate surface area is 193 Å². The third-order valence-corrected chi connectivity index (χ3v) is 9.94. The minimum atomic E-state index is -3.99. The van der Waals surface area contributed by atoms with Crippen LogP contribution in [-0.4, -0.2) is 69.0 Å². The zero-order chi connectivity index (χ0) is 24.7. The quantitative estimate of drug-likeness (QED) is 0.287. The molecule has 3 rings (SSSR count). The second-order valence-corrected chi connectivity index (χ2v) is 12.5. The van der Waals surface area contributed by atoms with Crippen LogP contribution in [0, 0.1) is 16.0 Å². The van der Waals surface area contributed by atoms with E-state index in [1.54, 1.807) is 0 Å². The number of β-lactam (4-membered cyclic amide) rings is 1. The minimum Gasteiger partial charge on any atom is -0.484 e. The maximum absolute atomic E-state index is 13.1. The first kappa shape index (κ1) is 25.1. The van der Waals surface area contributed by atoms with E-state index in [-0.39, 0.29) is 24.0 Å². The molecule has 2 aliphatic rings. The van der Waals surface area contributed by atoms with Gasteiger partial charge in [0.1, 0.15) is 16.5 Å². The number of nitro groups is 1. The Kier molecular flexibility index (Phi) is 6.82. The molecule has 2 amide bonds. The highest BCUT2D eigenvalue weighted by Crippen LogP contribution is 2.47. The highest BCUT2D eigenvalue weighted by molar-refractivity contribution is 7.95. The topological polar surface area (TPSA) is 162 Å². The van der Waals surface area contributed by atoms with Crippen molar-refractivity contribution in [2.75, 3.05) is 13.2 Å². The number of nitrogens with zero attached hydrogens (tertiary/aromatic N) is 2. The van der Waals surface area contributed by atoms with Crippen LogP contribution in [0.15, 0.2) is 24.3 Å². The van der Waals surface area contributed by atoms with Gasteiger partial charge in [0.2, 0.25) is 0 Å². The molecule has 182 valence electrons. The van der Waals surface area contributed by atoms with E-state index in [9.17, 15) is 32.3 Å². The van der Waals surface area contributed by atoms with Gasteiger partial charge in [0.15, 0.2) is 38.3 Å². The highest BCUT2D eigenvalue weighted by Gasteiger charge is 2.72. The fraction of sp³-hybridized carbons (Fsp3) is 0.579. The molecular formula is C19H25N3O9S2. The van der Waals surface area contributed by atoms with Gasteiger partial charge in [0, 0.05) is 12.1 Å². The lowest BCUT2D eigenvalue weighted by Crippen LogP contribution is -2.72. The molecule has 4 atom stereocenters. The molecule has 2 aliphatic heterocycles. The molecule has 12 nitrogen and oxygen atoms in total. The van der Waals surface area contributed by atoms with Gasteiger partial charge in [-0.25, -0.2) is 12.6 Å². The van der Waals surface area contributed by atoms with Gasteiger partial charge in [-0.3, -0.25) is 23.9 Å². The van der Waals surface area contributed by atoms with Crippen molar-refractivity contribution in [1.82, 2.24) is 10.2 Å².